The lowest BCUT2D eigenvalue weighted by Gasteiger charge is -2.14. The first-order chi connectivity index (χ1) is 7.86. The Morgan fingerprint density at radius 1 is 1.25 bits per heavy atom. The van der Waals surface area contributed by atoms with Crippen molar-refractivity contribution in [3.8, 4) is 0 Å². The van der Waals surface area contributed by atoms with E-state index in [4.69, 9.17) is 0 Å². The van der Waals surface area contributed by atoms with Crippen molar-refractivity contribution in [1.29, 1.82) is 0 Å². The Bertz CT molecular complexity index is 538. The Kier molecular flexibility index (Phi) is 2.10. The van der Waals surface area contributed by atoms with Crippen molar-refractivity contribution in [2.75, 3.05) is 0 Å². The molecule has 1 aliphatic carbocycles. The maximum atomic E-state index is 4.49. The second-order valence-corrected chi connectivity index (χ2v) is 4.04. The fourth-order valence-electron chi connectivity index (χ4n) is 2.21. The van der Waals surface area contributed by atoms with Crippen molar-refractivity contribution in [2.45, 2.75) is 12.8 Å². The van der Waals surface area contributed by atoms with E-state index in [1.807, 2.05) is 30.9 Å². The van der Waals surface area contributed by atoms with E-state index in [9.17, 15) is 0 Å². The molecule has 0 atom stereocenters. The Labute approximate surface area is 94.5 Å². The molecule has 0 aromatic carbocycles. The molecule has 0 radical (unpaired) electrons. The molecule has 0 amide bonds. The smallest absolute Gasteiger partial charge is 0.0953 e. The fourth-order valence-corrected chi connectivity index (χ4v) is 2.21. The Hall–Kier alpha value is -1.90. The molecule has 2 aromatic heterocycles. The molecule has 3 nitrogen and oxygen atoms in total. The quantitative estimate of drug-likeness (QED) is 0.724. The number of aryl methyl sites for hydroxylation is 1. The van der Waals surface area contributed by atoms with Gasteiger partial charge in [-0.1, -0.05) is 6.08 Å². The van der Waals surface area contributed by atoms with Crippen LogP contribution in [-0.4, -0.2) is 14.5 Å². The standard InChI is InChI=1S/C13H13N3/c1-16-9-15-13-11(3-2-4-12(13)16)10-5-7-14-8-6-10/h3,5-9H,2,4H2,1H3. The van der Waals surface area contributed by atoms with Gasteiger partial charge in [-0.25, -0.2) is 4.98 Å². The predicted molar refractivity (Wildman–Crippen MR) is 62.8 cm³/mol. The highest BCUT2D eigenvalue weighted by atomic mass is 15.0. The lowest BCUT2D eigenvalue weighted by molar-refractivity contribution is 0.800. The largest absolute Gasteiger partial charge is 0.337 e. The molecular formula is C13H13N3. The molecule has 0 saturated heterocycles. The van der Waals surface area contributed by atoms with Crippen LogP contribution in [0.15, 0.2) is 36.9 Å². The third-order valence-corrected chi connectivity index (χ3v) is 3.04. The molecule has 0 unspecified atom stereocenters. The molecule has 0 N–H and O–H groups in total. The van der Waals surface area contributed by atoms with Gasteiger partial charge < -0.3 is 4.57 Å². The highest BCUT2D eigenvalue weighted by molar-refractivity contribution is 5.79. The van der Waals surface area contributed by atoms with Gasteiger partial charge in [0.2, 0.25) is 0 Å². The van der Waals surface area contributed by atoms with Crippen LogP contribution in [0.4, 0.5) is 0 Å². The first-order valence-electron chi connectivity index (χ1n) is 5.47. The summed E-state index contributed by atoms with van der Waals surface area (Å²) in [5, 5.41) is 0. The van der Waals surface area contributed by atoms with Crippen LogP contribution in [0.5, 0.6) is 0 Å². The van der Waals surface area contributed by atoms with Gasteiger partial charge in [-0.05, 0) is 30.5 Å². The van der Waals surface area contributed by atoms with E-state index in [1.54, 1.807) is 0 Å². The van der Waals surface area contributed by atoms with Gasteiger partial charge in [-0.3, -0.25) is 4.98 Å². The molecule has 2 aromatic rings. The summed E-state index contributed by atoms with van der Waals surface area (Å²) >= 11 is 0. The maximum absolute atomic E-state index is 4.49. The average Bonchev–Trinajstić information content (AvgIpc) is 2.73. The summed E-state index contributed by atoms with van der Waals surface area (Å²) in [4.78, 5) is 8.54. The molecule has 3 rings (SSSR count). The van der Waals surface area contributed by atoms with Crippen molar-refractivity contribution < 1.29 is 0 Å². The summed E-state index contributed by atoms with van der Waals surface area (Å²) in [6.07, 6.45) is 9.99. The van der Waals surface area contributed by atoms with Gasteiger partial charge in [0.05, 0.1) is 12.0 Å². The molecule has 0 saturated carbocycles. The molecule has 16 heavy (non-hydrogen) atoms. The number of aromatic nitrogens is 3. The lowest BCUT2D eigenvalue weighted by Crippen LogP contribution is -2.04. The van der Waals surface area contributed by atoms with Gasteiger partial charge in [0.1, 0.15) is 0 Å². The minimum absolute atomic E-state index is 1.08. The summed E-state index contributed by atoms with van der Waals surface area (Å²) in [6.45, 7) is 0. The summed E-state index contributed by atoms with van der Waals surface area (Å²) in [5.41, 5.74) is 4.90. The molecule has 0 spiro atoms. The van der Waals surface area contributed by atoms with E-state index < -0.39 is 0 Å². The van der Waals surface area contributed by atoms with Crippen LogP contribution in [0.3, 0.4) is 0 Å². The van der Waals surface area contributed by atoms with E-state index >= 15 is 0 Å². The number of fused-ring (bicyclic) bond motifs is 1. The average molecular weight is 211 g/mol. The van der Waals surface area contributed by atoms with Crippen molar-refractivity contribution >= 4 is 5.57 Å². The first-order valence-corrected chi connectivity index (χ1v) is 5.47. The van der Waals surface area contributed by atoms with Crippen LogP contribution < -0.4 is 0 Å². The van der Waals surface area contributed by atoms with Crippen LogP contribution in [-0.2, 0) is 13.5 Å². The first kappa shape index (κ1) is 9.33. The van der Waals surface area contributed by atoms with Crippen molar-refractivity contribution in [3.63, 3.8) is 0 Å². The predicted octanol–water partition coefficient (Wildman–Crippen LogP) is 2.19. The third-order valence-electron chi connectivity index (χ3n) is 3.04. The van der Waals surface area contributed by atoms with Crippen molar-refractivity contribution in [3.05, 3.63) is 53.9 Å². The summed E-state index contributed by atoms with van der Waals surface area (Å²) in [7, 11) is 2.06. The normalized spacial score (nSPS) is 14.4. The number of nitrogens with zero attached hydrogens (tertiary/aromatic N) is 3. The van der Waals surface area contributed by atoms with E-state index in [-0.39, 0.29) is 0 Å². The number of hydrogen-bond donors (Lipinski definition) is 0. The number of pyridine rings is 1. The Balaban J connectivity index is 2.13. The van der Waals surface area contributed by atoms with Crippen LogP contribution >= 0.6 is 0 Å². The van der Waals surface area contributed by atoms with E-state index in [1.165, 1.54) is 16.8 Å². The molecule has 80 valence electrons. The van der Waals surface area contributed by atoms with Gasteiger partial charge in [0.25, 0.3) is 0 Å². The van der Waals surface area contributed by atoms with Crippen molar-refractivity contribution in [2.24, 2.45) is 7.05 Å². The topological polar surface area (TPSA) is 30.7 Å². The van der Waals surface area contributed by atoms with Gasteiger partial charge >= 0.3 is 0 Å². The van der Waals surface area contributed by atoms with E-state index in [0.717, 1.165) is 18.5 Å². The molecule has 0 bridgehead atoms. The summed E-state index contributed by atoms with van der Waals surface area (Å²) < 4.78 is 2.11. The molecule has 3 heteroatoms. The fraction of sp³-hybridized carbons (Fsp3) is 0.231. The molecule has 1 aliphatic rings. The molecular weight excluding hydrogens is 198 g/mol. The second-order valence-electron chi connectivity index (χ2n) is 4.04. The zero-order valence-corrected chi connectivity index (χ0v) is 9.22. The Morgan fingerprint density at radius 2 is 2.06 bits per heavy atom. The van der Waals surface area contributed by atoms with Gasteiger partial charge in [0, 0.05) is 30.7 Å². The number of hydrogen-bond acceptors (Lipinski definition) is 2. The minimum Gasteiger partial charge on any atom is -0.337 e. The highest BCUT2D eigenvalue weighted by Crippen LogP contribution is 2.29. The minimum atomic E-state index is 1.08. The zero-order valence-electron chi connectivity index (χ0n) is 9.22. The van der Waals surface area contributed by atoms with Gasteiger partial charge in [-0.2, -0.15) is 0 Å². The maximum Gasteiger partial charge on any atom is 0.0953 e. The van der Waals surface area contributed by atoms with Crippen LogP contribution in [0.25, 0.3) is 5.57 Å². The summed E-state index contributed by atoms with van der Waals surface area (Å²) in [5.74, 6) is 0. The lowest BCUT2D eigenvalue weighted by atomic mass is 9.95. The van der Waals surface area contributed by atoms with E-state index in [2.05, 4.69) is 27.7 Å². The van der Waals surface area contributed by atoms with Crippen molar-refractivity contribution in [1.82, 2.24) is 14.5 Å². The number of allylic oxidation sites excluding steroid dienone is 1. The van der Waals surface area contributed by atoms with E-state index in [0.29, 0.717) is 0 Å². The van der Waals surface area contributed by atoms with Crippen LogP contribution in [0.2, 0.25) is 0 Å². The van der Waals surface area contributed by atoms with Crippen LogP contribution in [0, 0.1) is 0 Å². The molecule has 2 heterocycles. The zero-order chi connectivity index (χ0) is 11.0. The highest BCUT2D eigenvalue weighted by Gasteiger charge is 2.17. The monoisotopic (exact) mass is 211 g/mol. The Morgan fingerprint density at radius 3 is 2.88 bits per heavy atom. The number of rotatable bonds is 1. The SMILES string of the molecule is Cn1cnc2c1CCC=C2c1ccncc1. The van der Waals surface area contributed by atoms with Gasteiger partial charge in [0.15, 0.2) is 0 Å². The summed E-state index contributed by atoms with van der Waals surface area (Å²) in [6, 6.07) is 4.07. The molecule has 0 aliphatic heterocycles. The third kappa shape index (κ3) is 1.36. The van der Waals surface area contributed by atoms with Gasteiger partial charge in [-0.15, -0.1) is 0 Å². The number of imidazole rings is 1. The van der Waals surface area contributed by atoms with Crippen LogP contribution in [0.1, 0.15) is 23.4 Å². The second kappa shape index (κ2) is 3.59. The molecule has 0 fully saturated rings.